The number of anilines is 1. The molecule has 1 N–H and O–H groups in total. The van der Waals surface area contributed by atoms with Crippen molar-refractivity contribution in [2.45, 2.75) is 64.2 Å². The predicted octanol–water partition coefficient (Wildman–Crippen LogP) is 2.55. The number of nitrogens with zero attached hydrogens (tertiary/aromatic N) is 2. The van der Waals surface area contributed by atoms with Crippen LogP contribution in [0.3, 0.4) is 0 Å². The molecule has 0 saturated carbocycles. The lowest BCUT2D eigenvalue weighted by Gasteiger charge is -2.32. The first-order valence-corrected chi connectivity index (χ1v) is 11.1. The Morgan fingerprint density at radius 1 is 1.09 bits per heavy atom. The smallest absolute Gasteiger partial charge is 0.399 e. The van der Waals surface area contributed by atoms with Gasteiger partial charge in [-0.2, -0.15) is 0 Å². The molecule has 1 atom stereocenters. The van der Waals surface area contributed by atoms with E-state index in [9.17, 15) is 9.59 Å². The lowest BCUT2D eigenvalue weighted by atomic mass is 9.80. The van der Waals surface area contributed by atoms with E-state index in [1.807, 2.05) is 64.1 Å². The molecule has 2 saturated heterocycles. The zero-order valence-electron chi connectivity index (χ0n) is 19.1. The molecule has 7 nitrogen and oxygen atoms in total. The highest BCUT2D eigenvalue weighted by Gasteiger charge is 2.51. The minimum absolute atomic E-state index is 0.0297. The quantitative estimate of drug-likeness (QED) is 0.731. The lowest BCUT2D eigenvalue weighted by molar-refractivity contribution is -0.136. The normalized spacial score (nSPS) is 21.6. The van der Waals surface area contributed by atoms with E-state index in [0.717, 1.165) is 17.4 Å². The second-order valence-corrected chi connectivity index (χ2v) is 9.46. The number of amides is 2. The van der Waals surface area contributed by atoms with Gasteiger partial charge in [-0.15, -0.1) is 0 Å². The Morgan fingerprint density at radius 2 is 1.78 bits per heavy atom. The van der Waals surface area contributed by atoms with Crippen LogP contribution in [0.2, 0.25) is 0 Å². The number of pyridine rings is 1. The molecular weight excluding hydrogens is 405 g/mol. The van der Waals surface area contributed by atoms with Gasteiger partial charge in [0, 0.05) is 18.2 Å². The Kier molecular flexibility index (Phi) is 6.10. The molecule has 0 radical (unpaired) electrons. The second-order valence-electron chi connectivity index (χ2n) is 9.46. The van der Waals surface area contributed by atoms with E-state index in [1.165, 1.54) is 0 Å². The summed E-state index contributed by atoms with van der Waals surface area (Å²) in [5.74, 6) is 0.204. The third kappa shape index (κ3) is 4.57. The summed E-state index contributed by atoms with van der Waals surface area (Å²) in [4.78, 5) is 31.7. The molecule has 2 amide bonds. The zero-order valence-corrected chi connectivity index (χ0v) is 19.1. The molecule has 2 aliphatic heterocycles. The minimum atomic E-state index is -0.502. The van der Waals surface area contributed by atoms with E-state index in [1.54, 1.807) is 17.2 Å². The maximum atomic E-state index is 12.9. The topological polar surface area (TPSA) is 80.8 Å². The molecule has 2 aromatic rings. The van der Waals surface area contributed by atoms with E-state index in [2.05, 4.69) is 10.3 Å². The van der Waals surface area contributed by atoms with Crippen LogP contribution in [0.4, 0.5) is 5.82 Å². The van der Waals surface area contributed by atoms with Gasteiger partial charge in [-0.05, 0) is 52.2 Å². The molecule has 0 spiro atoms. The van der Waals surface area contributed by atoms with Crippen molar-refractivity contribution in [3.63, 3.8) is 0 Å². The van der Waals surface area contributed by atoms with E-state index in [-0.39, 0.29) is 11.8 Å². The summed E-state index contributed by atoms with van der Waals surface area (Å²) in [5.41, 5.74) is 0.886. The molecule has 4 rings (SSSR count). The number of aromatic nitrogens is 1. The van der Waals surface area contributed by atoms with E-state index in [4.69, 9.17) is 9.31 Å². The fourth-order valence-corrected chi connectivity index (χ4v) is 4.02. The third-order valence-electron chi connectivity index (χ3n) is 6.64. The summed E-state index contributed by atoms with van der Waals surface area (Å²) in [7, 11) is -0.502. The predicted molar refractivity (Wildman–Crippen MR) is 123 cm³/mol. The summed E-state index contributed by atoms with van der Waals surface area (Å²) in [6, 6.07) is 12.7. The van der Waals surface area contributed by atoms with E-state index >= 15 is 0 Å². The molecule has 0 aliphatic carbocycles. The Morgan fingerprint density at radius 3 is 2.41 bits per heavy atom. The maximum absolute atomic E-state index is 12.9. The van der Waals surface area contributed by atoms with Gasteiger partial charge < -0.3 is 19.5 Å². The number of carbonyl (C=O) groups is 2. The number of likely N-dealkylation sites (tertiary alicyclic amines) is 1. The van der Waals surface area contributed by atoms with E-state index < -0.39 is 24.4 Å². The van der Waals surface area contributed by atoms with Crippen LogP contribution in [-0.4, -0.2) is 52.6 Å². The average molecular weight is 435 g/mol. The van der Waals surface area contributed by atoms with Crippen molar-refractivity contribution in [3.05, 3.63) is 54.2 Å². The number of hydrogen-bond donors (Lipinski definition) is 1. The van der Waals surface area contributed by atoms with Crippen LogP contribution in [0, 0.1) is 0 Å². The molecule has 1 aromatic carbocycles. The molecule has 2 aliphatic rings. The van der Waals surface area contributed by atoms with Crippen molar-refractivity contribution in [2.24, 2.45) is 0 Å². The zero-order chi connectivity index (χ0) is 22.9. The first-order valence-electron chi connectivity index (χ1n) is 11.1. The number of benzene rings is 1. The van der Waals surface area contributed by atoms with Gasteiger partial charge in [0.2, 0.25) is 11.8 Å². The molecule has 0 unspecified atom stereocenters. The fourth-order valence-electron chi connectivity index (χ4n) is 4.02. The standard InChI is InChI=1S/C24H30BN3O4/c1-23(2)24(3,4)32-25(31-23)18-12-13-20(26-16-18)27-22(30)19-11-8-14-28(19)21(29)15-17-9-6-5-7-10-17/h5-7,9-10,12-13,16,19H,8,11,14-15H2,1-4H3,(H,26,27,30)/t19-/m0/s1. The fraction of sp³-hybridized carbons (Fsp3) is 0.458. The van der Waals surface area contributed by atoms with Crippen LogP contribution in [-0.2, 0) is 25.3 Å². The summed E-state index contributed by atoms with van der Waals surface area (Å²) in [6.45, 7) is 8.60. The van der Waals surface area contributed by atoms with Crippen molar-refractivity contribution in [1.82, 2.24) is 9.88 Å². The highest BCUT2D eigenvalue weighted by atomic mass is 16.7. The van der Waals surface area contributed by atoms with Gasteiger partial charge in [-0.3, -0.25) is 9.59 Å². The van der Waals surface area contributed by atoms with Crippen molar-refractivity contribution in [3.8, 4) is 0 Å². The second kappa shape index (κ2) is 8.67. The van der Waals surface area contributed by atoms with Gasteiger partial charge in [0.1, 0.15) is 11.9 Å². The maximum Gasteiger partial charge on any atom is 0.496 e. The highest BCUT2D eigenvalue weighted by Crippen LogP contribution is 2.36. The Bertz CT molecular complexity index is 962. The van der Waals surface area contributed by atoms with Gasteiger partial charge in [-0.25, -0.2) is 4.98 Å². The Hall–Kier alpha value is -2.71. The number of rotatable bonds is 5. The summed E-state index contributed by atoms with van der Waals surface area (Å²) in [6.07, 6.45) is 3.42. The van der Waals surface area contributed by atoms with Gasteiger partial charge in [0.25, 0.3) is 0 Å². The molecule has 8 heteroatoms. The number of nitrogens with one attached hydrogen (secondary N) is 1. The molecular formula is C24H30BN3O4. The lowest BCUT2D eigenvalue weighted by Crippen LogP contribution is -2.44. The Labute approximate surface area is 189 Å². The molecule has 3 heterocycles. The van der Waals surface area contributed by atoms with Crippen LogP contribution in [0.25, 0.3) is 0 Å². The summed E-state index contributed by atoms with van der Waals surface area (Å²) >= 11 is 0. The van der Waals surface area contributed by atoms with Crippen molar-refractivity contribution < 1.29 is 18.9 Å². The van der Waals surface area contributed by atoms with Gasteiger partial charge in [0.05, 0.1) is 17.6 Å². The van der Waals surface area contributed by atoms with Crippen molar-refractivity contribution >= 4 is 30.2 Å². The average Bonchev–Trinajstić information content (AvgIpc) is 3.32. The van der Waals surface area contributed by atoms with Gasteiger partial charge >= 0.3 is 7.12 Å². The van der Waals surface area contributed by atoms with Crippen LogP contribution < -0.4 is 10.8 Å². The highest BCUT2D eigenvalue weighted by molar-refractivity contribution is 6.62. The molecule has 0 bridgehead atoms. The largest absolute Gasteiger partial charge is 0.496 e. The number of hydrogen-bond acceptors (Lipinski definition) is 5. The van der Waals surface area contributed by atoms with Crippen LogP contribution >= 0.6 is 0 Å². The van der Waals surface area contributed by atoms with Crippen molar-refractivity contribution in [1.29, 1.82) is 0 Å². The van der Waals surface area contributed by atoms with Gasteiger partial charge in [-0.1, -0.05) is 36.4 Å². The molecule has 32 heavy (non-hydrogen) atoms. The molecule has 2 fully saturated rings. The van der Waals surface area contributed by atoms with Crippen molar-refractivity contribution in [2.75, 3.05) is 11.9 Å². The number of carbonyl (C=O) groups excluding carboxylic acids is 2. The summed E-state index contributed by atoms with van der Waals surface area (Å²) < 4.78 is 12.1. The molecule has 168 valence electrons. The van der Waals surface area contributed by atoms with Gasteiger partial charge in [0.15, 0.2) is 0 Å². The van der Waals surface area contributed by atoms with E-state index in [0.29, 0.717) is 25.2 Å². The Balaban J connectivity index is 1.38. The van der Waals surface area contributed by atoms with Crippen LogP contribution in [0.1, 0.15) is 46.1 Å². The van der Waals surface area contributed by atoms with Crippen LogP contribution in [0.5, 0.6) is 0 Å². The molecule has 1 aromatic heterocycles. The first-order chi connectivity index (χ1) is 15.2. The minimum Gasteiger partial charge on any atom is -0.399 e. The third-order valence-corrected chi connectivity index (χ3v) is 6.64. The first kappa shape index (κ1) is 22.5. The van der Waals surface area contributed by atoms with Crippen LogP contribution in [0.15, 0.2) is 48.7 Å². The SMILES string of the molecule is CC1(C)OB(c2ccc(NC(=O)[C@@H]3CCCN3C(=O)Cc3ccccc3)nc2)OC1(C)C. The summed E-state index contributed by atoms with van der Waals surface area (Å²) in [5, 5.41) is 2.86. The monoisotopic (exact) mass is 435 g/mol.